The number of carboxylic acids is 1. The van der Waals surface area contributed by atoms with Crippen LogP contribution in [0.1, 0.15) is 42.5 Å². The minimum Gasteiger partial charge on any atom is -0.480 e. The fraction of sp³-hybridized carbons (Fsp3) is 0.500. The molecule has 1 aliphatic carbocycles. The lowest BCUT2D eigenvalue weighted by Crippen LogP contribution is -2.37. The average molecular weight is 388 g/mol. The Kier molecular flexibility index (Phi) is 12.5. The fourth-order valence-corrected chi connectivity index (χ4v) is 2.18. The lowest BCUT2D eigenvalue weighted by molar-refractivity contribution is -0.138. The second-order valence-corrected chi connectivity index (χ2v) is 6.07. The third-order valence-corrected chi connectivity index (χ3v) is 3.98. The van der Waals surface area contributed by atoms with Crippen LogP contribution >= 0.6 is 15.9 Å². The molecule has 0 aromatic heterocycles. The van der Waals surface area contributed by atoms with E-state index in [2.05, 4.69) is 15.9 Å². The minimum atomic E-state index is -1.05. The van der Waals surface area contributed by atoms with Crippen LogP contribution in [-0.2, 0) is 4.79 Å². The Morgan fingerprint density at radius 3 is 2.13 bits per heavy atom. The molecule has 0 saturated heterocycles. The van der Waals surface area contributed by atoms with Crippen LogP contribution in [-0.4, -0.2) is 36.0 Å². The van der Waals surface area contributed by atoms with Gasteiger partial charge in [0.05, 0.1) is 0 Å². The van der Waals surface area contributed by atoms with Gasteiger partial charge in [0, 0.05) is 22.6 Å². The summed E-state index contributed by atoms with van der Waals surface area (Å²) in [4.78, 5) is 19.9. The smallest absolute Gasteiger partial charge is 0.321 e. The molecular weight excluding hydrogens is 362 g/mol. The number of rotatable bonds is 3. The van der Waals surface area contributed by atoms with Crippen LogP contribution in [0, 0.1) is 0 Å². The molecule has 0 bridgehead atoms. The molecule has 0 amide bonds. The summed E-state index contributed by atoms with van der Waals surface area (Å²) in [5.41, 5.74) is 16.1. The summed E-state index contributed by atoms with van der Waals surface area (Å²) >= 11 is 3.23. The zero-order valence-corrected chi connectivity index (χ0v) is 14.7. The number of aldehydes is 1. The van der Waals surface area contributed by atoms with Crippen molar-refractivity contribution in [1.82, 2.24) is 0 Å². The van der Waals surface area contributed by atoms with E-state index in [9.17, 15) is 9.59 Å². The van der Waals surface area contributed by atoms with Gasteiger partial charge in [0.1, 0.15) is 6.04 Å². The molecule has 23 heavy (non-hydrogen) atoms. The Morgan fingerprint density at radius 2 is 1.87 bits per heavy atom. The summed E-state index contributed by atoms with van der Waals surface area (Å²) in [6.45, 7) is -0.00463. The highest BCUT2D eigenvalue weighted by Crippen LogP contribution is 2.14. The largest absolute Gasteiger partial charge is 0.480 e. The van der Waals surface area contributed by atoms with E-state index in [4.69, 9.17) is 22.3 Å². The molecule has 1 aliphatic rings. The molecule has 2 rings (SSSR count). The van der Waals surface area contributed by atoms with Gasteiger partial charge in [-0.05, 0) is 18.9 Å². The van der Waals surface area contributed by atoms with Crippen molar-refractivity contribution < 1.29 is 14.7 Å². The topological polar surface area (TPSA) is 132 Å². The monoisotopic (exact) mass is 387 g/mol. The highest BCUT2D eigenvalue weighted by Gasteiger charge is 2.06. The van der Waals surface area contributed by atoms with Gasteiger partial charge >= 0.3 is 5.97 Å². The molecule has 6 nitrogen and oxygen atoms in total. The highest BCUT2D eigenvalue weighted by atomic mass is 79.9. The number of halogens is 1. The summed E-state index contributed by atoms with van der Waals surface area (Å²) in [5, 5.41) is 7.98. The zero-order valence-electron chi connectivity index (χ0n) is 13.2. The SMILES string of the molecule is NC1CCCCC1.NCC(N)C(=O)O.O=Cc1ccccc1Br. The Labute approximate surface area is 145 Å². The number of aliphatic carboxylic acids is 1. The lowest BCUT2D eigenvalue weighted by Gasteiger charge is -2.15. The molecule has 0 aliphatic heterocycles. The van der Waals surface area contributed by atoms with Gasteiger partial charge in [-0.3, -0.25) is 9.59 Å². The molecule has 0 heterocycles. The number of hydrogen-bond donors (Lipinski definition) is 4. The number of benzene rings is 1. The van der Waals surface area contributed by atoms with Crippen molar-refractivity contribution >= 4 is 28.2 Å². The molecule has 0 spiro atoms. The molecule has 7 N–H and O–H groups in total. The highest BCUT2D eigenvalue weighted by molar-refractivity contribution is 9.10. The minimum absolute atomic E-state index is 0.00463. The molecule has 1 aromatic rings. The van der Waals surface area contributed by atoms with Gasteiger partial charge in [-0.1, -0.05) is 53.4 Å². The fourth-order valence-electron chi connectivity index (χ4n) is 1.81. The summed E-state index contributed by atoms with van der Waals surface area (Å²) in [6.07, 6.45) is 7.49. The first kappa shape index (κ1) is 21.7. The number of nitrogens with two attached hydrogens (primary N) is 3. The number of carboxylic acid groups (broad SMARTS) is 1. The predicted octanol–water partition coefficient (Wildman–Crippen LogP) is 1.90. The van der Waals surface area contributed by atoms with E-state index in [1.54, 1.807) is 6.07 Å². The lowest BCUT2D eigenvalue weighted by atomic mass is 9.97. The quantitative estimate of drug-likeness (QED) is 0.585. The first-order chi connectivity index (χ1) is 10.9. The van der Waals surface area contributed by atoms with Gasteiger partial charge in [0.2, 0.25) is 0 Å². The van der Waals surface area contributed by atoms with E-state index >= 15 is 0 Å². The molecule has 1 aromatic carbocycles. The van der Waals surface area contributed by atoms with Gasteiger partial charge in [-0.25, -0.2) is 0 Å². The Bertz CT molecular complexity index is 466. The van der Waals surface area contributed by atoms with Gasteiger partial charge in [-0.15, -0.1) is 0 Å². The van der Waals surface area contributed by atoms with Crippen molar-refractivity contribution in [2.75, 3.05) is 6.54 Å². The molecule has 1 unspecified atom stereocenters. The zero-order chi connectivity index (χ0) is 17.7. The first-order valence-corrected chi connectivity index (χ1v) is 8.35. The van der Waals surface area contributed by atoms with Gasteiger partial charge in [0.15, 0.2) is 6.29 Å². The van der Waals surface area contributed by atoms with Gasteiger partial charge in [-0.2, -0.15) is 0 Å². The van der Waals surface area contributed by atoms with E-state index in [0.29, 0.717) is 11.6 Å². The maximum atomic E-state index is 10.2. The Morgan fingerprint density at radius 1 is 1.30 bits per heavy atom. The second kappa shape index (κ2) is 13.2. The van der Waals surface area contributed by atoms with E-state index in [1.807, 2.05) is 18.2 Å². The average Bonchev–Trinajstić information content (AvgIpc) is 2.56. The van der Waals surface area contributed by atoms with Crippen LogP contribution in [0.4, 0.5) is 0 Å². The van der Waals surface area contributed by atoms with Crippen LogP contribution in [0.2, 0.25) is 0 Å². The van der Waals surface area contributed by atoms with Crippen LogP contribution in [0.3, 0.4) is 0 Å². The summed E-state index contributed by atoms with van der Waals surface area (Å²) < 4.78 is 0.847. The van der Waals surface area contributed by atoms with Crippen molar-refractivity contribution in [2.24, 2.45) is 17.2 Å². The molecule has 0 radical (unpaired) electrons. The summed E-state index contributed by atoms with van der Waals surface area (Å²) in [7, 11) is 0. The molecular formula is C16H26BrN3O3. The predicted molar refractivity (Wildman–Crippen MR) is 95.3 cm³/mol. The Hall–Kier alpha value is -1.28. The van der Waals surface area contributed by atoms with Crippen LogP contribution in [0.15, 0.2) is 28.7 Å². The third-order valence-electron chi connectivity index (χ3n) is 3.25. The summed E-state index contributed by atoms with van der Waals surface area (Å²) in [6, 6.07) is 6.93. The van der Waals surface area contributed by atoms with Crippen LogP contribution < -0.4 is 17.2 Å². The van der Waals surface area contributed by atoms with Gasteiger partial charge in [0.25, 0.3) is 0 Å². The number of hydrogen-bond acceptors (Lipinski definition) is 5. The molecule has 1 atom stereocenters. The molecule has 1 saturated carbocycles. The van der Waals surface area contributed by atoms with Crippen molar-refractivity contribution in [3.8, 4) is 0 Å². The second-order valence-electron chi connectivity index (χ2n) is 5.22. The van der Waals surface area contributed by atoms with E-state index in [0.717, 1.165) is 10.8 Å². The van der Waals surface area contributed by atoms with Crippen LogP contribution in [0.25, 0.3) is 0 Å². The molecule has 130 valence electrons. The number of carbonyl (C=O) groups is 2. The van der Waals surface area contributed by atoms with E-state index in [-0.39, 0.29) is 6.54 Å². The normalized spacial score (nSPS) is 15.3. The van der Waals surface area contributed by atoms with Crippen molar-refractivity contribution in [3.63, 3.8) is 0 Å². The molecule has 1 fully saturated rings. The Balaban J connectivity index is 0.000000320. The van der Waals surface area contributed by atoms with Crippen LogP contribution in [0.5, 0.6) is 0 Å². The van der Waals surface area contributed by atoms with E-state index in [1.165, 1.54) is 32.1 Å². The van der Waals surface area contributed by atoms with Crippen molar-refractivity contribution in [1.29, 1.82) is 0 Å². The standard InChI is InChI=1S/C7H5BrO.C6H13N.C3H8N2O2/c8-7-4-2-1-3-6(7)5-9;7-6-4-2-1-3-5-6;4-1-2(5)3(6)7/h1-5H;6H,1-5,7H2;2H,1,4-5H2,(H,6,7). The molecule has 7 heteroatoms. The van der Waals surface area contributed by atoms with Gasteiger partial charge < -0.3 is 22.3 Å². The third kappa shape index (κ3) is 11.0. The maximum absolute atomic E-state index is 10.2. The summed E-state index contributed by atoms with van der Waals surface area (Å²) in [5.74, 6) is -1.05. The van der Waals surface area contributed by atoms with Crippen molar-refractivity contribution in [3.05, 3.63) is 34.3 Å². The number of carbonyl (C=O) groups excluding carboxylic acids is 1. The first-order valence-electron chi connectivity index (χ1n) is 7.56. The maximum Gasteiger partial charge on any atom is 0.321 e. The van der Waals surface area contributed by atoms with E-state index < -0.39 is 12.0 Å². The van der Waals surface area contributed by atoms with Crippen molar-refractivity contribution in [2.45, 2.75) is 44.2 Å².